The first-order valence-electron chi connectivity index (χ1n) is 9.62. The highest BCUT2D eigenvalue weighted by Crippen LogP contribution is 2.21. The number of amides is 2. The zero-order valence-electron chi connectivity index (χ0n) is 17.0. The Hall–Kier alpha value is -1.36. The van der Waals surface area contributed by atoms with Crippen molar-refractivity contribution in [2.75, 3.05) is 25.6 Å². The van der Waals surface area contributed by atoms with Gasteiger partial charge in [0.2, 0.25) is 22.1 Å². The molecule has 8 nitrogen and oxygen atoms in total. The molecule has 158 valence electrons. The molecule has 28 heavy (non-hydrogen) atoms. The third kappa shape index (κ3) is 6.07. The van der Waals surface area contributed by atoms with Gasteiger partial charge in [0.15, 0.2) is 0 Å². The molecule has 0 saturated heterocycles. The standard InChI is InChI=1S/C18H32N6O2S2/c1-5-7-13-11-15(25)23-17(21-13,27-3)19-9-10-20-18(28-4)22-14(8-6-2)12-16(26)24-18/h11-12,19-22H,5-10H2,1-4H3,(H,23,25)(H,24,26)/t17-,18+. The van der Waals surface area contributed by atoms with Gasteiger partial charge >= 0.3 is 0 Å². The van der Waals surface area contributed by atoms with Gasteiger partial charge in [0.1, 0.15) is 0 Å². The third-order valence-corrected chi connectivity index (χ3v) is 6.33. The Morgan fingerprint density at radius 1 is 0.786 bits per heavy atom. The number of hydrogen-bond donors (Lipinski definition) is 6. The van der Waals surface area contributed by atoms with E-state index in [1.54, 1.807) is 12.2 Å². The second-order valence-electron chi connectivity index (χ2n) is 6.69. The highest BCUT2D eigenvalue weighted by Gasteiger charge is 2.36. The van der Waals surface area contributed by atoms with E-state index in [9.17, 15) is 9.59 Å². The lowest BCUT2D eigenvalue weighted by atomic mass is 10.2. The molecule has 0 fully saturated rings. The summed E-state index contributed by atoms with van der Waals surface area (Å²) in [6.45, 7) is 5.34. The van der Waals surface area contributed by atoms with Gasteiger partial charge in [0.05, 0.1) is 0 Å². The minimum Gasteiger partial charge on any atom is -0.345 e. The summed E-state index contributed by atoms with van der Waals surface area (Å²) in [5, 5.41) is 18.0. The van der Waals surface area contributed by atoms with Crippen LogP contribution in [0, 0.1) is 0 Å². The van der Waals surface area contributed by atoms with Gasteiger partial charge in [0, 0.05) is 36.6 Å². The average molecular weight is 429 g/mol. The van der Waals surface area contributed by atoms with Crippen molar-refractivity contribution in [1.82, 2.24) is 31.9 Å². The molecule has 0 aromatic rings. The Morgan fingerprint density at radius 3 is 1.50 bits per heavy atom. The maximum atomic E-state index is 12.1. The molecule has 0 aromatic heterocycles. The van der Waals surface area contributed by atoms with Crippen molar-refractivity contribution in [2.24, 2.45) is 0 Å². The number of hydrogen-bond acceptors (Lipinski definition) is 8. The molecule has 2 heterocycles. The fraction of sp³-hybridized carbons (Fsp3) is 0.667. The van der Waals surface area contributed by atoms with Crippen LogP contribution in [0.4, 0.5) is 0 Å². The second kappa shape index (κ2) is 10.4. The number of allylic oxidation sites excluding steroid dienone is 2. The topological polar surface area (TPSA) is 106 Å². The van der Waals surface area contributed by atoms with Crippen LogP contribution in [-0.2, 0) is 9.59 Å². The summed E-state index contributed by atoms with van der Waals surface area (Å²) in [4.78, 5) is 24.1. The molecule has 0 saturated carbocycles. The van der Waals surface area contributed by atoms with Crippen LogP contribution in [0.2, 0.25) is 0 Å². The molecule has 0 radical (unpaired) electrons. The first-order chi connectivity index (χ1) is 13.4. The van der Waals surface area contributed by atoms with Gasteiger partial charge in [-0.05, 0) is 25.4 Å². The zero-order chi connectivity index (χ0) is 20.6. The van der Waals surface area contributed by atoms with E-state index in [0.717, 1.165) is 37.1 Å². The van der Waals surface area contributed by atoms with E-state index in [4.69, 9.17) is 0 Å². The summed E-state index contributed by atoms with van der Waals surface area (Å²) >= 11 is 3.00. The molecule has 0 bridgehead atoms. The van der Waals surface area contributed by atoms with E-state index in [0.29, 0.717) is 13.1 Å². The van der Waals surface area contributed by atoms with Gasteiger partial charge < -0.3 is 21.3 Å². The van der Waals surface area contributed by atoms with Crippen LogP contribution in [-0.4, -0.2) is 47.7 Å². The summed E-state index contributed by atoms with van der Waals surface area (Å²) in [6, 6.07) is 0. The smallest absolute Gasteiger partial charge is 0.249 e. The normalized spacial score (nSPS) is 27.1. The number of thioether (sulfide) groups is 2. The SMILES string of the molecule is CCCC1=CC(=O)N[C@](NCCN[C@@]2(SC)NC(=O)C=C(CCC)N2)(SC)N1. The Labute approximate surface area is 175 Å². The van der Waals surface area contributed by atoms with E-state index in [1.807, 2.05) is 12.5 Å². The largest absolute Gasteiger partial charge is 0.345 e. The number of carbonyl (C=O) groups is 2. The van der Waals surface area contributed by atoms with E-state index in [-0.39, 0.29) is 11.8 Å². The number of rotatable bonds is 11. The minimum absolute atomic E-state index is 0.104. The predicted octanol–water partition coefficient (Wildman–Crippen LogP) is 0.921. The molecular weight excluding hydrogens is 396 g/mol. The summed E-state index contributed by atoms with van der Waals surface area (Å²) in [5.41, 5.74) is 1.86. The van der Waals surface area contributed by atoms with Crippen molar-refractivity contribution in [3.05, 3.63) is 23.5 Å². The van der Waals surface area contributed by atoms with Crippen molar-refractivity contribution in [2.45, 2.75) is 49.8 Å². The van der Waals surface area contributed by atoms with Gasteiger partial charge in [-0.3, -0.25) is 20.2 Å². The first kappa shape index (κ1) is 22.9. The summed E-state index contributed by atoms with van der Waals surface area (Å²) in [6.07, 6.45) is 10.7. The fourth-order valence-corrected chi connectivity index (χ4v) is 4.50. The first-order valence-corrected chi connectivity index (χ1v) is 12.1. The van der Waals surface area contributed by atoms with Crippen LogP contribution in [0.15, 0.2) is 23.5 Å². The molecule has 0 spiro atoms. The molecular formula is C18H32N6O2S2. The predicted molar refractivity (Wildman–Crippen MR) is 117 cm³/mol. The van der Waals surface area contributed by atoms with Crippen LogP contribution in [0.1, 0.15) is 39.5 Å². The summed E-state index contributed by atoms with van der Waals surface area (Å²) in [7, 11) is 0. The van der Waals surface area contributed by atoms with Gasteiger partial charge in [0.25, 0.3) is 0 Å². The van der Waals surface area contributed by atoms with Crippen LogP contribution in [0.25, 0.3) is 0 Å². The highest BCUT2D eigenvalue weighted by atomic mass is 32.2. The zero-order valence-corrected chi connectivity index (χ0v) is 18.7. The Balaban J connectivity index is 1.93. The lowest BCUT2D eigenvalue weighted by Crippen LogP contribution is -2.70. The van der Waals surface area contributed by atoms with Crippen LogP contribution in [0.5, 0.6) is 0 Å². The molecule has 2 aliphatic rings. The lowest BCUT2D eigenvalue weighted by Gasteiger charge is -2.41. The molecule has 10 heteroatoms. The molecule has 2 atom stereocenters. The Bertz CT molecular complexity index is 588. The molecule has 0 aliphatic carbocycles. The third-order valence-electron chi connectivity index (χ3n) is 4.41. The van der Waals surface area contributed by atoms with E-state index < -0.39 is 10.2 Å². The van der Waals surface area contributed by atoms with Gasteiger partial charge in [-0.15, -0.1) is 0 Å². The average Bonchev–Trinajstić information content (AvgIpc) is 2.65. The monoisotopic (exact) mass is 428 g/mol. The fourth-order valence-electron chi connectivity index (χ4n) is 3.13. The van der Waals surface area contributed by atoms with Gasteiger partial charge in [-0.1, -0.05) is 50.2 Å². The maximum Gasteiger partial charge on any atom is 0.249 e. The summed E-state index contributed by atoms with van der Waals surface area (Å²) < 4.78 is 0. The van der Waals surface area contributed by atoms with Crippen molar-refractivity contribution in [1.29, 1.82) is 0 Å². The van der Waals surface area contributed by atoms with Crippen molar-refractivity contribution in [3.8, 4) is 0 Å². The van der Waals surface area contributed by atoms with Crippen LogP contribution >= 0.6 is 23.5 Å². The van der Waals surface area contributed by atoms with Crippen LogP contribution in [0.3, 0.4) is 0 Å². The molecule has 2 rings (SSSR count). The lowest BCUT2D eigenvalue weighted by molar-refractivity contribution is -0.119. The molecule has 6 N–H and O–H groups in total. The second-order valence-corrected chi connectivity index (χ2v) is 8.73. The van der Waals surface area contributed by atoms with Gasteiger partial charge in [-0.2, -0.15) is 0 Å². The Kier molecular flexibility index (Phi) is 8.54. The van der Waals surface area contributed by atoms with E-state index >= 15 is 0 Å². The quantitative estimate of drug-likeness (QED) is 0.213. The Morgan fingerprint density at radius 2 is 1.18 bits per heavy atom. The van der Waals surface area contributed by atoms with E-state index in [1.165, 1.54) is 23.5 Å². The molecule has 2 aliphatic heterocycles. The summed E-state index contributed by atoms with van der Waals surface area (Å²) in [5.74, 6) is -0.207. The van der Waals surface area contributed by atoms with Gasteiger partial charge in [-0.25, -0.2) is 0 Å². The minimum atomic E-state index is -0.735. The number of carbonyl (C=O) groups excluding carboxylic acids is 2. The van der Waals surface area contributed by atoms with E-state index in [2.05, 4.69) is 45.7 Å². The highest BCUT2D eigenvalue weighted by molar-refractivity contribution is 8.00. The van der Waals surface area contributed by atoms with Crippen molar-refractivity contribution >= 4 is 35.3 Å². The van der Waals surface area contributed by atoms with Crippen molar-refractivity contribution < 1.29 is 9.59 Å². The number of nitrogens with one attached hydrogen (secondary N) is 6. The maximum absolute atomic E-state index is 12.1. The molecule has 0 aromatic carbocycles. The van der Waals surface area contributed by atoms with Crippen LogP contribution < -0.4 is 31.9 Å². The van der Waals surface area contributed by atoms with Crippen molar-refractivity contribution in [3.63, 3.8) is 0 Å². The molecule has 2 amide bonds. The molecule has 0 unspecified atom stereocenters.